The van der Waals surface area contributed by atoms with Gasteiger partial charge in [-0.15, -0.1) is 0 Å². The number of thioether (sulfide) groups is 1. The molecule has 146 valence electrons. The number of benzene rings is 2. The minimum absolute atomic E-state index is 0.171. The maximum absolute atomic E-state index is 5.87. The van der Waals surface area contributed by atoms with Gasteiger partial charge in [-0.2, -0.15) is 15.0 Å². The van der Waals surface area contributed by atoms with Crippen molar-refractivity contribution in [3.05, 3.63) is 72.8 Å². The van der Waals surface area contributed by atoms with Gasteiger partial charge in [0.25, 0.3) is 0 Å². The zero-order valence-corrected chi connectivity index (χ0v) is 16.5. The average Bonchev–Trinajstić information content (AvgIpc) is 3.21. The summed E-state index contributed by atoms with van der Waals surface area (Å²) in [6, 6.07) is 17.5. The Morgan fingerprint density at radius 2 is 1.93 bits per heavy atom. The van der Waals surface area contributed by atoms with Gasteiger partial charge in [-0.3, -0.25) is 4.57 Å². The summed E-state index contributed by atoms with van der Waals surface area (Å²) in [7, 11) is 1.65. The third-order valence-corrected chi connectivity index (χ3v) is 4.96. The lowest BCUT2D eigenvalue weighted by atomic mass is 10.3. The number of nitrogens with two attached hydrogens (primary N) is 1. The minimum atomic E-state index is 0.171. The van der Waals surface area contributed by atoms with Crippen molar-refractivity contribution in [3.63, 3.8) is 0 Å². The number of nitrogens with zero attached hydrogens (tertiary/aromatic N) is 5. The summed E-state index contributed by atoms with van der Waals surface area (Å²) in [4.78, 5) is 17.3. The normalized spacial score (nSPS) is 10.7. The monoisotopic (exact) mass is 405 g/mol. The number of methoxy groups -OCH3 is 1. The van der Waals surface area contributed by atoms with Crippen LogP contribution in [0.3, 0.4) is 0 Å². The number of hydrogen-bond donors (Lipinski definition) is 2. The standard InChI is InChI=1S/C20H19N7OS/c1-28-16-9-5-8-15(12-16)27-11-10-22-20(27)29-13-17-24-18(21)26-19(25-17)23-14-6-3-2-4-7-14/h2-12H,13H2,1H3,(H3,21,23,24,25,26). The summed E-state index contributed by atoms with van der Waals surface area (Å²) >= 11 is 1.51. The molecule has 0 aliphatic carbocycles. The van der Waals surface area contributed by atoms with E-state index in [0.29, 0.717) is 17.5 Å². The number of hydrogen-bond acceptors (Lipinski definition) is 8. The first kappa shape index (κ1) is 18.8. The number of anilines is 3. The van der Waals surface area contributed by atoms with Gasteiger partial charge >= 0.3 is 0 Å². The summed E-state index contributed by atoms with van der Waals surface area (Å²) in [6.07, 6.45) is 3.66. The van der Waals surface area contributed by atoms with Crippen molar-refractivity contribution in [3.8, 4) is 11.4 Å². The van der Waals surface area contributed by atoms with Crippen LogP contribution in [0, 0.1) is 0 Å². The topological polar surface area (TPSA) is 104 Å². The van der Waals surface area contributed by atoms with Gasteiger partial charge in [0, 0.05) is 24.1 Å². The van der Waals surface area contributed by atoms with Crippen molar-refractivity contribution in [2.24, 2.45) is 0 Å². The van der Waals surface area contributed by atoms with Gasteiger partial charge in [-0.05, 0) is 24.3 Å². The highest BCUT2D eigenvalue weighted by atomic mass is 32.2. The summed E-state index contributed by atoms with van der Waals surface area (Å²) < 4.78 is 7.30. The average molecular weight is 405 g/mol. The van der Waals surface area contributed by atoms with Gasteiger partial charge in [0.05, 0.1) is 18.6 Å². The first-order chi connectivity index (χ1) is 14.2. The fourth-order valence-corrected chi connectivity index (χ4v) is 3.52. The highest BCUT2D eigenvalue weighted by molar-refractivity contribution is 7.98. The zero-order valence-electron chi connectivity index (χ0n) is 15.7. The Labute approximate surface area is 172 Å². The molecule has 0 unspecified atom stereocenters. The Bertz CT molecular complexity index is 1100. The number of para-hydroxylation sites is 1. The van der Waals surface area contributed by atoms with Crippen LogP contribution in [0.15, 0.2) is 72.1 Å². The summed E-state index contributed by atoms with van der Waals surface area (Å²) in [5.41, 5.74) is 7.71. The Kier molecular flexibility index (Phi) is 5.57. The molecular weight excluding hydrogens is 386 g/mol. The second-order valence-corrected chi connectivity index (χ2v) is 6.94. The molecule has 0 bridgehead atoms. The molecule has 0 spiro atoms. The van der Waals surface area contributed by atoms with Crippen LogP contribution in [0.1, 0.15) is 5.82 Å². The molecule has 8 nitrogen and oxygen atoms in total. The number of rotatable bonds is 7. The highest BCUT2D eigenvalue weighted by Crippen LogP contribution is 2.25. The van der Waals surface area contributed by atoms with E-state index in [9.17, 15) is 0 Å². The molecule has 0 saturated carbocycles. The van der Waals surface area contributed by atoms with E-state index < -0.39 is 0 Å². The van der Waals surface area contributed by atoms with Crippen LogP contribution < -0.4 is 15.8 Å². The van der Waals surface area contributed by atoms with E-state index in [1.54, 1.807) is 13.3 Å². The fourth-order valence-electron chi connectivity index (χ4n) is 2.69. The van der Waals surface area contributed by atoms with E-state index in [-0.39, 0.29) is 5.95 Å². The van der Waals surface area contributed by atoms with Crippen LogP contribution in [0.25, 0.3) is 5.69 Å². The summed E-state index contributed by atoms with van der Waals surface area (Å²) in [5, 5.41) is 3.96. The molecule has 0 fully saturated rings. The maximum Gasteiger partial charge on any atom is 0.232 e. The highest BCUT2D eigenvalue weighted by Gasteiger charge is 2.10. The number of nitrogen functional groups attached to an aromatic ring is 1. The lowest BCUT2D eigenvalue weighted by Crippen LogP contribution is -2.06. The SMILES string of the molecule is COc1cccc(-n2ccnc2SCc2nc(N)nc(Nc3ccccc3)n2)c1. The first-order valence-electron chi connectivity index (χ1n) is 8.84. The van der Waals surface area contributed by atoms with Crippen molar-refractivity contribution in [2.75, 3.05) is 18.2 Å². The largest absolute Gasteiger partial charge is 0.497 e. The van der Waals surface area contributed by atoms with Crippen molar-refractivity contribution in [2.45, 2.75) is 10.9 Å². The molecule has 2 aromatic heterocycles. The lowest BCUT2D eigenvalue weighted by molar-refractivity contribution is 0.414. The smallest absolute Gasteiger partial charge is 0.232 e. The van der Waals surface area contributed by atoms with Crippen molar-refractivity contribution < 1.29 is 4.74 Å². The van der Waals surface area contributed by atoms with E-state index in [4.69, 9.17) is 10.5 Å². The molecule has 9 heteroatoms. The van der Waals surface area contributed by atoms with Gasteiger partial charge < -0.3 is 15.8 Å². The van der Waals surface area contributed by atoms with Crippen molar-refractivity contribution in [1.29, 1.82) is 0 Å². The van der Waals surface area contributed by atoms with Gasteiger partial charge in [-0.25, -0.2) is 4.98 Å². The van der Waals surface area contributed by atoms with Crippen molar-refractivity contribution in [1.82, 2.24) is 24.5 Å². The summed E-state index contributed by atoms with van der Waals surface area (Å²) in [6.45, 7) is 0. The predicted octanol–water partition coefficient (Wildman–Crippen LogP) is 3.68. The van der Waals surface area contributed by atoms with E-state index in [1.165, 1.54) is 11.8 Å². The molecule has 2 heterocycles. The Morgan fingerprint density at radius 3 is 2.76 bits per heavy atom. The molecule has 4 rings (SSSR count). The quantitative estimate of drug-likeness (QED) is 0.449. The molecule has 0 amide bonds. The maximum atomic E-state index is 5.87. The van der Waals surface area contributed by atoms with Crippen LogP contribution in [-0.4, -0.2) is 31.6 Å². The number of imidazole rings is 1. The van der Waals surface area contributed by atoms with E-state index in [2.05, 4.69) is 25.3 Å². The molecule has 2 aromatic carbocycles. The van der Waals surface area contributed by atoms with Crippen LogP contribution in [-0.2, 0) is 5.75 Å². The lowest BCUT2D eigenvalue weighted by Gasteiger charge is -2.09. The fraction of sp³-hybridized carbons (Fsp3) is 0.100. The summed E-state index contributed by atoms with van der Waals surface area (Å²) in [5.74, 6) is 2.44. The molecular formula is C20H19N7OS. The molecule has 0 aliphatic rings. The molecule has 0 aliphatic heterocycles. The molecule has 0 radical (unpaired) electrons. The van der Waals surface area contributed by atoms with E-state index in [1.807, 2.05) is 65.4 Å². The molecule has 0 saturated heterocycles. The Morgan fingerprint density at radius 1 is 1.07 bits per heavy atom. The second-order valence-electron chi connectivity index (χ2n) is 5.99. The Balaban J connectivity index is 1.51. The molecule has 29 heavy (non-hydrogen) atoms. The second kappa shape index (κ2) is 8.61. The molecule has 0 atom stereocenters. The van der Waals surface area contributed by atoms with Crippen LogP contribution in [0.4, 0.5) is 17.6 Å². The van der Waals surface area contributed by atoms with Gasteiger partial charge in [0.1, 0.15) is 11.6 Å². The van der Waals surface area contributed by atoms with Gasteiger partial charge in [0.2, 0.25) is 11.9 Å². The van der Waals surface area contributed by atoms with Crippen LogP contribution >= 0.6 is 11.8 Å². The zero-order chi connectivity index (χ0) is 20.1. The van der Waals surface area contributed by atoms with E-state index >= 15 is 0 Å². The molecule has 3 N–H and O–H groups in total. The van der Waals surface area contributed by atoms with E-state index in [0.717, 1.165) is 22.3 Å². The number of ether oxygens (including phenoxy) is 1. The number of nitrogens with one attached hydrogen (secondary N) is 1. The molecule has 4 aromatic rings. The van der Waals surface area contributed by atoms with Gasteiger partial charge in [0.15, 0.2) is 5.16 Å². The third kappa shape index (κ3) is 4.64. The van der Waals surface area contributed by atoms with Crippen molar-refractivity contribution >= 4 is 29.3 Å². The van der Waals surface area contributed by atoms with Crippen LogP contribution in [0.2, 0.25) is 0 Å². The predicted molar refractivity (Wildman–Crippen MR) is 114 cm³/mol. The van der Waals surface area contributed by atoms with Gasteiger partial charge in [-0.1, -0.05) is 36.0 Å². The Hall–Kier alpha value is -3.59. The minimum Gasteiger partial charge on any atom is -0.497 e. The number of aromatic nitrogens is 5. The van der Waals surface area contributed by atoms with Crippen LogP contribution in [0.5, 0.6) is 5.75 Å². The third-order valence-electron chi connectivity index (χ3n) is 4.00. The first-order valence-corrected chi connectivity index (χ1v) is 9.83.